The number of aryl methyl sites for hydroxylation is 1. The molecule has 33 heavy (non-hydrogen) atoms. The van der Waals surface area contributed by atoms with Gasteiger partial charge in [0.2, 0.25) is 5.91 Å². The van der Waals surface area contributed by atoms with E-state index in [0.29, 0.717) is 17.1 Å². The quantitative estimate of drug-likeness (QED) is 0.608. The van der Waals surface area contributed by atoms with Crippen LogP contribution >= 0.6 is 0 Å². The van der Waals surface area contributed by atoms with Crippen molar-refractivity contribution in [3.05, 3.63) is 58.6 Å². The molecule has 0 saturated carbocycles. The van der Waals surface area contributed by atoms with E-state index in [1.807, 2.05) is 48.2 Å². The molecule has 2 aromatic heterocycles. The molecule has 8 heteroatoms. The fourth-order valence-corrected chi connectivity index (χ4v) is 5.17. The van der Waals surface area contributed by atoms with Gasteiger partial charge < -0.3 is 14.4 Å². The number of carbonyl (C=O) groups excluding carboxylic acids is 1. The molecule has 0 aliphatic carbocycles. The summed E-state index contributed by atoms with van der Waals surface area (Å²) in [6, 6.07) is 12.3. The van der Waals surface area contributed by atoms with Crippen LogP contribution in [0.15, 0.2) is 47.4 Å². The van der Waals surface area contributed by atoms with Gasteiger partial charge in [0.15, 0.2) is 0 Å². The van der Waals surface area contributed by atoms with Crippen molar-refractivity contribution in [3.8, 4) is 5.69 Å². The zero-order chi connectivity index (χ0) is 22.9. The second kappa shape index (κ2) is 9.11. The predicted molar refractivity (Wildman–Crippen MR) is 129 cm³/mol. The molecule has 5 rings (SSSR count). The average Bonchev–Trinajstić information content (AvgIpc) is 3.19. The second-order valence-corrected chi connectivity index (χ2v) is 9.29. The van der Waals surface area contributed by atoms with Crippen molar-refractivity contribution >= 4 is 16.8 Å². The van der Waals surface area contributed by atoms with Gasteiger partial charge in [0.25, 0.3) is 5.56 Å². The fraction of sp³-hybridized carbons (Fsp3) is 0.480. The van der Waals surface area contributed by atoms with E-state index in [1.165, 1.54) is 17.4 Å². The number of pyridine rings is 1. The van der Waals surface area contributed by atoms with Gasteiger partial charge in [-0.25, -0.2) is 4.68 Å². The number of hydrogen-bond donors (Lipinski definition) is 0. The first-order valence-corrected chi connectivity index (χ1v) is 11.9. The predicted octanol–water partition coefficient (Wildman–Crippen LogP) is 1.73. The molecule has 174 valence electrons. The maximum absolute atomic E-state index is 13.2. The molecule has 0 unspecified atom stereocenters. The minimum Gasteiger partial charge on any atom is -0.339 e. The Bertz CT molecular complexity index is 1180. The Morgan fingerprint density at radius 1 is 1.00 bits per heavy atom. The summed E-state index contributed by atoms with van der Waals surface area (Å²) in [5.74, 6) is 0.00702. The number of fused-ring (bicyclic) bond motifs is 1. The topological polar surface area (TPSA) is 66.6 Å². The number of likely N-dealkylation sites (tertiary alicyclic amines) is 1. The number of amides is 1. The van der Waals surface area contributed by atoms with E-state index in [1.54, 1.807) is 10.9 Å². The highest BCUT2D eigenvalue weighted by Gasteiger charge is 2.28. The lowest BCUT2D eigenvalue weighted by molar-refractivity contribution is -0.134. The smallest absolute Gasteiger partial charge is 0.262 e. The number of rotatable bonds is 4. The van der Waals surface area contributed by atoms with Crippen molar-refractivity contribution in [3.63, 3.8) is 0 Å². The first kappa shape index (κ1) is 21.9. The third-order valence-electron chi connectivity index (χ3n) is 7.16. The Balaban J connectivity index is 1.28. The molecule has 2 aliphatic heterocycles. The molecule has 2 saturated heterocycles. The van der Waals surface area contributed by atoms with Crippen LogP contribution in [-0.2, 0) is 11.3 Å². The number of hydrogen-bond acceptors (Lipinski definition) is 5. The number of benzene rings is 1. The fourth-order valence-electron chi connectivity index (χ4n) is 5.17. The highest BCUT2D eigenvalue weighted by molar-refractivity contribution is 5.83. The first-order valence-electron chi connectivity index (χ1n) is 11.9. The summed E-state index contributed by atoms with van der Waals surface area (Å²) >= 11 is 0. The zero-order valence-corrected chi connectivity index (χ0v) is 19.5. The summed E-state index contributed by atoms with van der Waals surface area (Å²) in [6.45, 7) is 7.50. The Hall–Kier alpha value is -2.97. The van der Waals surface area contributed by atoms with Crippen molar-refractivity contribution in [1.29, 1.82) is 0 Å². The van der Waals surface area contributed by atoms with Gasteiger partial charge in [-0.2, -0.15) is 5.10 Å². The van der Waals surface area contributed by atoms with Crippen molar-refractivity contribution < 1.29 is 4.79 Å². The van der Waals surface area contributed by atoms with Crippen LogP contribution < -0.4 is 5.56 Å². The number of piperidine rings is 1. The maximum Gasteiger partial charge on any atom is 0.262 e. The minimum atomic E-state index is -0.162. The van der Waals surface area contributed by atoms with Crippen LogP contribution in [0, 0.1) is 6.92 Å². The van der Waals surface area contributed by atoms with E-state index in [0.717, 1.165) is 50.5 Å². The Morgan fingerprint density at radius 3 is 2.39 bits per heavy atom. The molecule has 2 aliphatic rings. The molecule has 0 bridgehead atoms. The molecule has 1 amide bonds. The molecule has 1 aromatic carbocycles. The van der Waals surface area contributed by atoms with Crippen molar-refractivity contribution in [2.45, 2.75) is 32.4 Å². The second-order valence-electron chi connectivity index (χ2n) is 9.29. The summed E-state index contributed by atoms with van der Waals surface area (Å²) in [5.41, 5.74) is 2.18. The molecular formula is C25H32N6O2. The van der Waals surface area contributed by atoms with Crippen LogP contribution in [0.3, 0.4) is 0 Å². The maximum atomic E-state index is 13.2. The van der Waals surface area contributed by atoms with Crippen LogP contribution in [0.4, 0.5) is 0 Å². The lowest BCUT2D eigenvalue weighted by Crippen LogP contribution is -2.54. The largest absolute Gasteiger partial charge is 0.339 e. The van der Waals surface area contributed by atoms with Gasteiger partial charge in [-0.3, -0.25) is 14.5 Å². The molecule has 0 atom stereocenters. The van der Waals surface area contributed by atoms with Gasteiger partial charge in [-0.1, -0.05) is 18.2 Å². The van der Waals surface area contributed by atoms with Crippen LogP contribution in [0.5, 0.6) is 0 Å². The highest BCUT2D eigenvalue weighted by Crippen LogP contribution is 2.20. The van der Waals surface area contributed by atoms with Crippen LogP contribution in [0.25, 0.3) is 16.6 Å². The minimum absolute atomic E-state index is 0.00702. The monoisotopic (exact) mass is 448 g/mol. The number of para-hydroxylation sites is 1. The van der Waals surface area contributed by atoms with E-state index < -0.39 is 0 Å². The van der Waals surface area contributed by atoms with Gasteiger partial charge in [0.05, 0.1) is 22.3 Å². The number of aromatic nitrogens is 3. The van der Waals surface area contributed by atoms with E-state index in [9.17, 15) is 9.59 Å². The molecule has 4 heterocycles. The van der Waals surface area contributed by atoms with Crippen LogP contribution in [0.2, 0.25) is 0 Å². The first-order chi connectivity index (χ1) is 16.0. The molecular weight excluding hydrogens is 416 g/mol. The number of carbonyl (C=O) groups is 1. The molecule has 0 N–H and O–H groups in total. The lowest BCUT2D eigenvalue weighted by atomic mass is 10.0. The summed E-state index contributed by atoms with van der Waals surface area (Å²) < 4.78 is 3.32. The number of piperazine rings is 1. The summed E-state index contributed by atoms with van der Waals surface area (Å²) in [7, 11) is 2.18. The summed E-state index contributed by atoms with van der Waals surface area (Å²) in [4.78, 5) is 33.1. The molecule has 3 aromatic rings. The Labute approximate surface area is 194 Å². The van der Waals surface area contributed by atoms with Crippen molar-refractivity contribution in [2.75, 3.05) is 46.3 Å². The Morgan fingerprint density at radius 2 is 1.70 bits per heavy atom. The summed E-state index contributed by atoms with van der Waals surface area (Å²) in [5, 5.41) is 5.16. The standard InChI is InChI=1S/C25H32N6O2/c1-19-24-22(31(26-19)21-6-4-3-5-7-21)10-13-30(25(24)33)18-23(32)29-16-14-28(15-17-29)20-8-11-27(2)12-9-20/h3-7,10,13,20H,8-9,11-12,14-18H2,1-2H3. The summed E-state index contributed by atoms with van der Waals surface area (Å²) in [6.07, 6.45) is 4.13. The lowest BCUT2D eigenvalue weighted by Gasteiger charge is -2.42. The third kappa shape index (κ3) is 4.32. The van der Waals surface area contributed by atoms with Crippen molar-refractivity contribution in [1.82, 2.24) is 29.0 Å². The average molecular weight is 449 g/mol. The van der Waals surface area contributed by atoms with Gasteiger partial charge in [0, 0.05) is 38.4 Å². The third-order valence-corrected chi connectivity index (χ3v) is 7.16. The normalized spacial score (nSPS) is 18.8. The van der Waals surface area contributed by atoms with Gasteiger partial charge in [0.1, 0.15) is 6.54 Å². The van der Waals surface area contributed by atoms with Crippen LogP contribution in [-0.4, -0.2) is 87.3 Å². The van der Waals surface area contributed by atoms with E-state index >= 15 is 0 Å². The van der Waals surface area contributed by atoms with E-state index in [2.05, 4.69) is 21.9 Å². The van der Waals surface area contributed by atoms with Gasteiger partial charge in [-0.05, 0) is 58.1 Å². The zero-order valence-electron chi connectivity index (χ0n) is 19.5. The number of nitrogens with zero attached hydrogens (tertiary/aromatic N) is 6. The SMILES string of the molecule is Cc1nn(-c2ccccc2)c2ccn(CC(=O)N3CCN(C4CCN(C)CC4)CC3)c(=O)c12. The van der Waals surface area contributed by atoms with Gasteiger partial charge in [-0.15, -0.1) is 0 Å². The highest BCUT2D eigenvalue weighted by atomic mass is 16.2. The van der Waals surface area contributed by atoms with Crippen LogP contribution in [0.1, 0.15) is 18.5 Å². The van der Waals surface area contributed by atoms with E-state index in [-0.39, 0.29) is 18.0 Å². The molecule has 0 radical (unpaired) electrons. The molecule has 0 spiro atoms. The van der Waals surface area contributed by atoms with E-state index in [4.69, 9.17) is 0 Å². The molecule has 2 fully saturated rings. The molecule has 8 nitrogen and oxygen atoms in total. The Kier molecular flexibility index (Phi) is 6.03. The van der Waals surface area contributed by atoms with Crippen molar-refractivity contribution in [2.24, 2.45) is 0 Å². The van der Waals surface area contributed by atoms with Gasteiger partial charge >= 0.3 is 0 Å².